The molecule has 0 unspecified atom stereocenters. The van der Waals surface area contributed by atoms with E-state index in [-0.39, 0.29) is 16.6 Å². The van der Waals surface area contributed by atoms with Crippen molar-refractivity contribution in [3.63, 3.8) is 0 Å². The van der Waals surface area contributed by atoms with Crippen molar-refractivity contribution < 1.29 is 23.1 Å². The van der Waals surface area contributed by atoms with Crippen LogP contribution in [0.25, 0.3) is 0 Å². The van der Waals surface area contributed by atoms with Crippen LogP contribution in [0.5, 0.6) is 5.88 Å². The summed E-state index contributed by atoms with van der Waals surface area (Å²) in [6.07, 6.45) is 0. The number of anilines is 2. The molecule has 1 aromatic carbocycles. The van der Waals surface area contributed by atoms with Crippen LogP contribution >= 0.6 is 0 Å². The molecular weight excluding hydrogens is 324 g/mol. The number of methoxy groups -OCH3 is 1. The Balaban J connectivity index is 2.48. The Morgan fingerprint density at radius 1 is 1.22 bits per heavy atom. The Labute approximate surface area is 132 Å². The Kier molecular flexibility index (Phi) is 4.65. The Hall–Kier alpha value is -2.88. The maximum Gasteiger partial charge on any atom is 0.324 e. The minimum atomic E-state index is -4.13. The normalized spacial score (nSPS) is 11.0. The zero-order valence-electron chi connectivity index (χ0n) is 12.1. The van der Waals surface area contributed by atoms with Crippen molar-refractivity contribution in [3.8, 4) is 5.88 Å². The first-order chi connectivity index (χ1) is 10.8. The number of aromatic nitrogens is 2. The predicted molar refractivity (Wildman–Crippen MR) is 81.6 cm³/mol. The number of hydrogen-bond donors (Lipinski definition) is 2. The van der Waals surface area contributed by atoms with E-state index >= 15 is 0 Å². The van der Waals surface area contributed by atoms with Crippen LogP contribution < -0.4 is 14.8 Å². The topological polar surface area (TPSA) is 136 Å². The number of carboxylic acid groups (broad SMARTS) is 1. The molecule has 0 bridgehead atoms. The van der Waals surface area contributed by atoms with Crippen LogP contribution in [-0.2, 0) is 14.8 Å². The highest BCUT2D eigenvalue weighted by Crippen LogP contribution is 2.23. The fraction of sp³-hybridized carbons (Fsp3) is 0.154. The van der Waals surface area contributed by atoms with Gasteiger partial charge in [0.2, 0.25) is 5.88 Å². The number of hydrogen-bond acceptors (Lipinski definition) is 7. The van der Waals surface area contributed by atoms with E-state index in [1.54, 1.807) is 0 Å². The van der Waals surface area contributed by atoms with Crippen molar-refractivity contribution in [2.24, 2.45) is 0 Å². The van der Waals surface area contributed by atoms with Crippen LogP contribution in [0.15, 0.2) is 41.3 Å². The fourth-order valence-corrected chi connectivity index (χ4v) is 3.09. The van der Waals surface area contributed by atoms with E-state index in [9.17, 15) is 13.2 Å². The van der Waals surface area contributed by atoms with Gasteiger partial charge in [0.05, 0.1) is 12.0 Å². The molecule has 122 valence electrons. The molecule has 2 aromatic rings. The molecule has 0 spiro atoms. The maximum atomic E-state index is 12.7. The van der Waals surface area contributed by atoms with Crippen molar-refractivity contribution in [2.45, 2.75) is 4.90 Å². The SMILES string of the molecule is COc1ccc(N(CC(=O)O)S(=O)(=O)c2ccc(N)cc2)nn1. The molecule has 0 atom stereocenters. The number of carbonyl (C=O) groups is 1. The molecule has 0 fully saturated rings. The van der Waals surface area contributed by atoms with Crippen molar-refractivity contribution >= 4 is 27.5 Å². The van der Waals surface area contributed by atoms with Gasteiger partial charge in [-0.05, 0) is 30.3 Å². The summed E-state index contributed by atoms with van der Waals surface area (Å²) >= 11 is 0. The smallest absolute Gasteiger partial charge is 0.324 e. The van der Waals surface area contributed by atoms with E-state index in [2.05, 4.69) is 10.2 Å². The van der Waals surface area contributed by atoms with Gasteiger partial charge >= 0.3 is 5.97 Å². The standard InChI is InChI=1S/C13H14N4O5S/c1-22-12-7-6-11(15-16-12)17(8-13(18)19)23(20,21)10-4-2-9(14)3-5-10/h2-7H,8,14H2,1H3,(H,18,19). The third-order valence-corrected chi connectivity index (χ3v) is 4.60. The minimum absolute atomic E-state index is 0.106. The van der Waals surface area contributed by atoms with E-state index in [0.717, 1.165) is 0 Å². The van der Waals surface area contributed by atoms with E-state index in [1.165, 1.54) is 43.5 Å². The molecule has 23 heavy (non-hydrogen) atoms. The van der Waals surface area contributed by atoms with E-state index in [1.807, 2.05) is 0 Å². The van der Waals surface area contributed by atoms with Crippen molar-refractivity contribution in [2.75, 3.05) is 23.7 Å². The second kappa shape index (κ2) is 6.48. The third kappa shape index (κ3) is 3.66. The molecule has 0 aliphatic rings. The van der Waals surface area contributed by atoms with Crippen molar-refractivity contribution in [3.05, 3.63) is 36.4 Å². The van der Waals surface area contributed by atoms with Gasteiger partial charge in [0.25, 0.3) is 10.0 Å². The summed E-state index contributed by atoms with van der Waals surface area (Å²) in [5.74, 6) is -1.29. The van der Waals surface area contributed by atoms with Gasteiger partial charge in [-0.1, -0.05) is 0 Å². The number of nitrogens with zero attached hydrogens (tertiary/aromatic N) is 3. The molecule has 0 saturated heterocycles. The number of ether oxygens (including phenoxy) is 1. The molecule has 0 aliphatic heterocycles. The van der Waals surface area contributed by atoms with Crippen LogP contribution in [0, 0.1) is 0 Å². The Morgan fingerprint density at radius 3 is 2.35 bits per heavy atom. The first kappa shape index (κ1) is 16.5. The maximum absolute atomic E-state index is 12.7. The molecule has 10 heteroatoms. The van der Waals surface area contributed by atoms with Crippen LogP contribution in [0.2, 0.25) is 0 Å². The van der Waals surface area contributed by atoms with Gasteiger partial charge < -0.3 is 15.6 Å². The number of nitrogen functional groups attached to an aromatic ring is 1. The highest BCUT2D eigenvalue weighted by Gasteiger charge is 2.28. The number of benzene rings is 1. The highest BCUT2D eigenvalue weighted by molar-refractivity contribution is 7.92. The summed E-state index contributed by atoms with van der Waals surface area (Å²) in [5.41, 5.74) is 5.92. The second-order valence-electron chi connectivity index (χ2n) is 4.41. The first-order valence-corrected chi connectivity index (χ1v) is 7.76. The number of rotatable bonds is 6. The quantitative estimate of drug-likeness (QED) is 0.720. The van der Waals surface area contributed by atoms with Crippen LogP contribution in [0.1, 0.15) is 0 Å². The lowest BCUT2D eigenvalue weighted by Crippen LogP contribution is -2.36. The largest absolute Gasteiger partial charge is 0.480 e. The number of aliphatic carboxylic acids is 1. The monoisotopic (exact) mass is 338 g/mol. The lowest BCUT2D eigenvalue weighted by Gasteiger charge is -2.21. The summed E-state index contributed by atoms with van der Waals surface area (Å²) in [6.45, 7) is -0.798. The summed E-state index contributed by atoms with van der Waals surface area (Å²) in [5, 5.41) is 16.4. The van der Waals surface area contributed by atoms with Gasteiger partial charge in [-0.2, -0.15) is 0 Å². The van der Waals surface area contributed by atoms with Crippen LogP contribution in [-0.4, -0.2) is 43.3 Å². The van der Waals surface area contributed by atoms with Gasteiger partial charge in [0.15, 0.2) is 5.82 Å². The molecule has 0 saturated carbocycles. The Bertz CT molecular complexity index is 790. The molecule has 3 N–H and O–H groups in total. The van der Waals surface area contributed by atoms with Crippen molar-refractivity contribution in [1.29, 1.82) is 0 Å². The molecule has 0 radical (unpaired) electrons. The van der Waals surface area contributed by atoms with Crippen LogP contribution in [0.3, 0.4) is 0 Å². The molecule has 9 nitrogen and oxygen atoms in total. The van der Waals surface area contributed by atoms with Gasteiger partial charge in [-0.3, -0.25) is 4.79 Å². The van der Waals surface area contributed by atoms with Gasteiger partial charge in [-0.15, -0.1) is 10.2 Å². The van der Waals surface area contributed by atoms with Gasteiger partial charge in [0, 0.05) is 11.8 Å². The summed E-state index contributed by atoms with van der Waals surface area (Å²) in [4.78, 5) is 10.9. The average Bonchev–Trinajstić information content (AvgIpc) is 2.53. The zero-order chi connectivity index (χ0) is 17.0. The third-order valence-electron chi connectivity index (χ3n) is 2.84. The summed E-state index contributed by atoms with van der Waals surface area (Å²) in [7, 11) is -2.75. The summed E-state index contributed by atoms with van der Waals surface area (Å²) < 4.78 is 30.8. The number of carboxylic acids is 1. The highest BCUT2D eigenvalue weighted by atomic mass is 32.2. The number of sulfonamides is 1. The van der Waals surface area contributed by atoms with Gasteiger partial charge in [0.1, 0.15) is 6.54 Å². The fourth-order valence-electron chi connectivity index (χ4n) is 1.73. The molecule has 1 heterocycles. The van der Waals surface area contributed by atoms with Gasteiger partial charge in [-0.25, -0.2) is 12.7 Å². The van der Waals surface area contributed by atoms with E-state index in [0.29, 0.717) is 9.99 Å². The number of nitrogens with two attached hydrogens (primary N) is 1. The zero-order valence-corrected chi connectivity index (χ0v) is 12.9. The molecule has 0 amide bonds. The lowest BCUT2D eigenvalue weighted by molar-refractivity contribution is -0.135. The Morgan fingerprint density at radius 2 is 1.87 bits per heavy atom. The molecule has 1 aromatic heterocycles. The lowest BCUT2D eigenvalue weighted by atomic mass is 10.3. The molecule has 0 aliphatic carbocycles. The second-order valence-corrected chi connectivity index (χ2v) is 6.27. The molecule has 2 rings (SSSR count). The van der Waals surface area contributed by atoms with E-state index < -0.39 is 22.5 Å². The first-order valence-electron chi connectivity index (χ1n) is 6.32. The molecular formula is C13H14N4O5S. The summed E-state index contributed by atoms with van der Waals surface area (Å²) in [6, 6.07) is 8.09. The van der Waals surface area contributed by atoms with Crippen molar-refractivity contribution in [1.82, 2.24) is 10.2 Å². The van der Waals surface area contributed by atoms with E-state index in [4.69, 9.17) is 15.6 Å². The minimum Gasteiger partial charge on any atom is -0.480 e. The average molecular weight is 338 g/mol. The van der Waals surface area contributed by atoms with Crippen LogP contribution in [0.4, 0.5) is 11.5 Å². The predicted octanol–water partition coefficient (Wildman–Crippen LogP) is 0.347.